The zero-order valence-corrected chi connectivity index (χ0v) is 11.7. The summed E-state index contributed by atoms with van der Waals surface area (Å²) in [7, 11) is 2.07. The van der Waals surface area contributed by atoms with E-state index in [9.17, 15) is 0 Å². The maximum absolute atomic E-state index is 5.90. The quantitative estimate of drug-likeness (QED) is 0.767. The van der Waals surface area contributed by atoms with Gasteiger partial charge in [0.05, 0.1) is 12.2 Å². The fraction of sp³-hybridized carbons (Fsp3) is 1.00. The summed E-state index contributed by atoms with van der Waals surface area (Å²) in [5, 5.41) is 3.36. The average Bonchev–Trinajstić information content (AvgIpc) is 2.58. The van der Waals surface area contributed by atoms with E-state index in [4.69, 9.17) is 4.74 Å². The zero-order chi connectivity index (χ0) is 12.3. The van der Waals surface area contributed by atoms with E-state index in [0.29, 0.717) is 17.6 Å². The van der Waals surface area contributed by atoms with Crippen molar-refractivity contribution in [2.45, 2.75) is 51.7 Å². The van der Waals surface area contributed by atoms with E-state index in [-0.39, 0.29) is 0 Å². The molecular formula is C14H28N2O. The number of morpholine rings is 1. The fourth-order valence-electron chi connectivity index (χ4n) is 3.62. The van der Waals surface area contributed by atoms with Crippen molar-refractivity contribution in [2.75, 3.05) is 33.2 Å². The lowest BCUT2D eigenvalue weighted by atomic mass is 9.84. The maximum atomic E-state index is 5.90. The van der Waals surface area contributed by atoms with E-state index in [2.05, 4.69) is 31.1 Å². The van der Waals surface area contributed by atoms with Crippen LogP contribution in [0.2, 0.25) is 0 Å². The first-order chi connectivity index (χ1) is 8.15. The Morgan fingerprint density at radius 3 is 2.47 bits per heavy atom. The molecule has 0 aromatic rings. The first kappa shape index (κ1) is 13.3. The minimum atomic E-state index is 0.417. The van der Waals surface area contributed by atoms with Crippen LogP contribution in [0.5, 0.6) is 0 Å². The molecule has 2 rings (SSSR count). The van der Waals surface area contributed by atoms with Crippen LogP contribution in [0.25, 0.3) is 0 Å². The Kier molecular flexibility index (Phi) is 4.45. The van der Waals surface area contributed by atoms with Gasteiger partial charge in [0.1, 0.15) is 0 Å². The van der Waals surface area contributed by atoms with Crippen molar-refractivity contribution in [3.05, 3.63) is 0 Å². The Hall–Kier alpha value is -0.120. The van der Waals surface area contributed by atoms with Crippen LogP contribution in [-0.2, 0) is 4.74 Å². The van der Waals surface area contributed by atoms with Crippen LogP contribution in [0.3, 0.4) is 0 Å². The molecular weight excluding hydrogens is 212 g/mol. The summed E-state index contributed by atoms with van der Waals surface area (Å²) < 4.78 is 5.90. The van der Waals surface area contributed by atoms with Crippen molar-refractivity contribution in [2.24, 2.45) is 5.41 Å². The number of nitrogens with one attached hydrogen (secondary N) is 1. The molecule has 3 nitrogen and oxygen atoms in total. The third kappa shape index (κ3) is 3.43. The third-order valence-corrected chi connectivity index (χ3v) is 4.18. The molecule has 2 aliphatic rings. The normalized spacial score (nSPS) is 32.6. The second-order valence-corrected chi connectivity index (χ2v) is 6.24. The molecule has 0 aromatic carbocycles. The highest BCUT2D eigenvalue weighted by molar-refractivity contribution is 4.88. The summed E-state index contributed by atoms with van der Waals surface area (Å²) in [6.07, 6.45) is 6.18. The lowest BCUT2D eigenvalue weighted by Gasteiger charge is -2.39. The molecule has 0 spiro atoms. The van der Waals surface area contributed by atoms with E-state index < -0.39 is 0 Å². The number of hydrogen-bond acceptors (Lipinski definition) is 3. The summed E-state index contributed by atoms with van der Waals surface area (Å²) >= 11 is 0. The predicted molar refractivity (Wildman–Crippen MR) is 71.3 cm³/mol. The van der Waals surface area contributed by atoms with E-state index in [1.807, 2.05) is 0 Å². The van der Waals surface area contributed by atoms with E-state index in [1.165, 1.54) is 32.2 Å². The van der Waals surface area contributed by atoms with Gasteiger partial charge in [0.25, 0.3) is 0 Å². The molecule has 2 heterocycles. The third-order valence-electron chi connectivity index (χ3n) is 4.18. The summed E-state index contributed by atoms with van der Waals surface area (Å²) in [5.74, 6) is 0. The van der Waals surface area contributed by atoms with Gasteiger partial charge in [-0.1, -0.05) is 20.3 Å². The van der Waals surface area contributed by atoms with Gasteiger partial charge in [-0.15, -0.1) is 0 Å². The molecule has 0 aromatic heterocycles. The van der Waals surface area contributed by atoms with Crippen LogP contribution in [0.1, 0.15) is 39.5 Å². The topological polar surface area (TPSA) is 24.5 Å². The van der Waals surface area contributed by atoms with Gasteiger partial charge >= 0.3 is 0 Å². The maximum Gasteiger partial charge on any atom is 0.0707 e. The first-order valence-electron chi connectivity index (χ1n) is 7.17. The van der Waals surface area contributed by atoms with Crippen molar-refractivity contribution >= 4 is 0 Å². The SMILES string of the molecule is CCCC(C)(CNC)CN1CC2CCC(C1)O2. The molecule has 0 aliphatic carbocycles. The molecule has 2 bridgehead atoms. The van der Waals surface area contributed by atoms with Gasteiger partial charge in [-0.3, -0.25) is 4.90 Å². The van der Waals surface area contributed by atoms with Gasteiger partial charge in [0.2, 0.25) is 0 Å². The van der Waals surface area contributed by atoms with Crippen LogP contribution >= 0.6 is 0 Å². The van der Waals surface area contributed by atoms with Crippen LogP contribution in [-0.4, -0.2) is 50.3 Å². The molecule has 0 radical (unpaired) electrons. The zero-order valence-electron chi connectivity index (χ0n) is 11.7. The molecule has 2 saturated heterocycles. The molecule has 3 heteroatoms. The van der Waals surface area contributed by atoms with Crippen LogP contribution in [0.15, 0.2) is 0 Å². The van der Waals surface area contributed by atoms with E-state index in [0.717, 1.165) is 19.6 Å². The fourth-order valence-corrected chi connectivity index (χ4v) is 3.62. The second kappa shape index (κ2) is 5.68. The minimum Gasteiger partial charge on any atom is -0.372 e. The molecule has 1 N–H and O–H groups in total. The first-order valence-corrected chi connectivity index (χ1v) is 7.17. The van der Waals surface area contributed by atoms with Crippen LogP contribution in [0, 0.1) is 5.41 Å². The van der Waals surface area contributed by atoms with Crippen molar-refractivity contribution in [1.82, 2.24) is 10.2 Å². The number of rotatable bonds is 6. The second-order valence-electron chi connectivity index (χ2n) is 6.24. The molecule has 17 heavy (non-hydrogen) atoms. The van der Waals surface area contributed by atoms with Gasteiger partial charge in [-0.25, -0.2) is 0 Å². The highest BCUT2D eigenvalue weighted by Gasteiger charge is 2.36. The summed E-state index contributed by atoms with van der Waals surface area (Å²) in [5.41, 5.74) is 0.417. The Bertz CT molecular complexity index is 226. The summed E-state index contributed by atoms with van der Waals surface area (Å²) in [6.45, 7) is 9.35. The van der Waals surface area contributed by atoms with E-state index in [1.54, 1.807) is 0 Å². The number of likely N-dealkylation sites (tertiary alicyclic amines) is 1. The molecule has 0 saturated carbocycles. The largest absolute Gasteiger partial charge is 0.372 e. The van der Waals surface area contributed by atoms with Crippen molar-refractivity contribution in [1.29, 1.82) is 0 Å². The lowest BCUT2D eigenvalue weighted by Crippen LogP contribution is -2.49. The Labute approximate surface area is 106 Å². The molecule has 2 fully saturated rings. The number of hydrogen-bond donors (Lipinski definition) is 1. The predicted octanol–water partition coefficient (Wildman–Crippen LogP) is 1.88. The Balaban J connectivity index is 1.89. The van der Waals surface area contributed by atoms with Gasteiger partial charge in [0.15, 0.2) is 0 Å². The van der Waals surface area contributed by atoms with Gasteiger partial charge in [0, 0.05) is 26.2 Å². The van der Waals surface area contributed by atoms with Crippen LogP contribution in [0.4, 0.5) is 0 Å². The molecule has 2 aliphatic heterocycles. The van der Waals surface area contributed by atoms with Crippen LogP contribution < -0.4 is 5.32 Å². The number of fused-ring (bicyclic) bond motifs is 2. The van der Waals surface area contributed by atoms with E-state index >= 15 is 0 Å². The summed E-state index contributed by atoms with van der Waals surface area (Å²) in [6, 6.07) is 0. The number of nitrogens with zero attached hydrogens (tertiary/aromatic N) is 1. The number of ether oxygens (including phenoxy) is 1. The smallest absolute Gasteiger partial charge is 0.0707 e. The Morgan fingerprint density at radius 1 is 1.29 bits per heavy atom. The standard InChI is InChI=1S/C14H28N2O/c1-4-7-14(2,10-15-3)11-16-8-12-5-6-13(9-16)17-12/h12-13,15H,4-11H2,1-3H3. The summed E-state index contributed by atoms with van der Waals surface area (Å²) in [4.78, 5) is 2.64. The highest BCUT2D eigenvalue weighted by atomic mass is 16.5. The molecule has 0 amide bonds. The lowest BCUT2D eigenvalue weighted by molar-refractivity contribution is -0.0496. The molecule has 100 valence electrons. The van der Waals surface area contributed by atoms with Gasteiger partial charge in [-0.05, 0) is 31.7 Å². The molecule has 3 unspecified atom stereocenters. The molecule has 3 atom stereocenters. The van der Waals surface area contributed by atoms with Crippen molar-refractivity contribution < 1.29 is 4.74 Å². The van der Waals surface area contributed by atoms with Gasteiger partial charge in [-0.2, -0.15) is 0 Å². The minimum absolute atomic E-state index is 0.417. The van der Waals surface area contributed by atoms with Gasteiger partial charge < -0.3 is 10.1 Å². The van der Waals surface area contributed by atoms with Crippen molar-refractivity contribution in [3.8, 4) is 0 Å². The Morgan fingerprint density at radius 2 is 1.94 bits per heavy atom. The average molecular weight is 240 g/mol. The highest BCUT2D eigenvalue weighted by Crippen LogP contribution is 2.30. The monoisotopic (exact) mass is 240 g/mol. The van der Waals surface area contributed by atoms with Crippen molar-refractivity contribution in [3.63, 3.8) is 0 Å².